The molecule has 2 saturated heterocycles. The standard InChI is InChI=1S/C21H25N5O4/c1-24-8-9-25(20(24)29)13-18(27)26-14-21(15-26,11-16-5-3-2-4-6-16)19(28)22-12-17-7-10-30-23-17/h2-7,10H,8-9,11-15H2,1H3,(H,22,28). The number of nitrogens with zero attached hydrogens (tertiary/aromatic N) is 4. The van der Waals surface area contributed by atoms with Crippen LogP contribution in [0, 0.1) is 5.41 Å². The maximum absolute atomic E-state index is 13.1. The van der Waals surface area contributed by atoms with Gasteiger partial charge < -0.3 is 24.5 Å². The third-order valence-corrected chi connectivity index (χ3v) is 5.76. The van der Waals surface area contributed by atoms with Gasteiger partial charge in [-0.2, -0.15) is 0 Å². The van der Waals surface area contributed by atoms with Crippen molar-refractivity contribution in [3.8, 4) is 0 Å². The van der Waals surface area contributed by atoms with Crippen molar-refractivity contribution in [1.82, 2.24) is 25.2 Å². The first-order valence-electron chi connectivity index (χ1n) is 9.96. The van der Waals surface area contributed by atoms with E-state index in [-0.39, 0.29) is 30.9 Å². The predicted molar refractivity (Wildman–Crippen MR) is 107 cm³/mol. The molecule has 1 aromatic heterocycles. The molecule has 2 aliphatic heterocycles. The van der Waals surface area contributed by atoms with Gasteiger partial charge in [0, 0.05) is 39.3 Å². The van der Waals surface area contributed by atoms with Crippen LogP contribution in [0.5, 0.6) is 0 Å². The highest BCUT2D eigenvalue weighted by molar-refractivity contribution is 5.90. The van der Waals surface area contributed by atoms with E-state index in [1.807, 2.05) is 30.3 Å². The zero-order valence-electron chi connectivity index (χ0n) is 16.9. The average Bonchev–Trinajstić information content (AvgIpc) is 3.35. The molecule has 0 unspecified atom stereocenters. The van der Waals surface area contributed by atoms with Crippen molar-refractivity contribution < 1.29 is 18.9 Å². The molecule has 4 amide bonds. The van der Waals surface area contributed by atoms with Crippen LogP contribution >= 0.6 is 0 Å². The third kappa shape index (κ3) is 4.00. The van der Waals surface area contributed by atoms with Crippen LogP contribution < -0.4 is 5.32 Å². The van der Waals surface area contributed by atoms with Gasteiger partial charge in [0.15, 0.2) is 0 Å². The molecule has 9 heteroatoms. The smallest absolute Gasteiger partial charge is 0.320 e. The second-order valence-electron chi connectivity index (χ2n) is 7.99. The molecular weight excluding hydrogens is 386 g/mol. The van der Waals surface area contributed by atoms with Crippen molar-refractivity contribution in [2.24, 2.45) is 5.41 Å². The van der Waals surface area contributed by atoms with Crippen molar-refractivity contribution in [2.45, 2.75) is 13.0 Å². The largest absolute Gasteiger partial charge is 0.364 e. The molecular formula is C21H25N5O4. The number of amides is 4. The van der Waals surface area contributed by atoms with Gasteiger partial charge in [0.05, 0.1) is 12.0 Å². The van der Waals surface area contributed by atoms with Crippen molar-refractivity contribution >= 4 is 17.8 Å². The van der Waals surface area contributed by atoms with Crippen LogP contribution in [0.3, 0.4) is 0 Å². The van der Waals surface area contributed by atoms with Gasteiger partial charge in [0.1, 0.15) is 18.5 Å². The van der Waals surface area contributed by atoms with E-state index < -0.39 is 5.41 Å². The van der Waals surface area contributed by atoms with Crippen LogP contribution in [0.15, 0.2) is 47.2 Å². The van der Waals surface area contributed by atoms with E-state index in [4.69, 9.17) is 4.52 Å². The number of aromatic nitrogens is 1. The van der Waals surface area contributed by atoms with Gasteiger partial charge in [0.25, 0.3) is 0 Å². The first-order valence-corrected chi connectivity index (χ1v) is 9.96. The molecule has 1 N–H and O–H groups in total. The molecule has 0 spiro atoms. The van der Waals surface area contributed by atoms with Crippen LogP contribution in [0.2, 0.25) is 0 Å². The van der Waals surface area contributed by atoms with E-state index >= 15 is 0 Å². The van der Waals surface area contributed by atoms with Crippen LogP contribution in [-0.4, -0.2) is 77.5 Å². The zero-order valence-corrected chi connectivity index (χ0v) is 16.9. The molecule has 4 rings (SSSR count). The third-order valence-electron chi connectivity index (χ3n) is 5.76. The molecule has 2 aromatic rings. The Labute approximate surface area is 174 Å². The van der Waals surface area contributed by atoms with Gasteiger partial charge in [0.2, 0.25) is 11.8 Å². The SMILES string of the molecule is CN1CCN(CC(=O)N2CC(Cc3ccccc3)(C(=O)NCc3ccon3)C2)C1=O. The second kappa shape index (κ2) is 8.17. The Kier molecular flexibility index (Phi) is 5.43. The molecule has 0 saturated carbocycles. The number of hydrogen-bond donors (Lipinski definition) is 1. The van der Waals surface area contributed by atoms with E-state index in [1.165, 1.54) is 6.26 Å². The average molecular weight is 411 g/mol. The van der Waals surface area contributed by atoms with Gasteiger partial charge in [-0.25, -0.2) is 4.79 Å². The lowest BCUT2D eigenvalue weighted by molar-refractivity contribution is -0.154. The van der Waals surface area contributed by atoms with Crippen LogP contribution in [0.25, 0.3) is 0 Å². The van der Waals surface area contributed by atoms with Crippen molar-refractivity contribution in [1.29, 1.82) is 0 Å². The summed E-state index contributed by atoms with van der Waals surface area (Å²) in [6.07, 6.45) is 2.00. The highest BCUT2D eigenvalue weighted by Gasteiger charge is 2.51. The first kappa shape index (κ1) is 19.9. The van der Waals surface area contributed by atoms with E-state index in [2.05, 4.69) is 10.5 Å². The lowest BCUT2D eigenvalue weighted by Gasteiger charge is -2.49. The molecule has 0 radical (unpaired) electrons. The van der Waals surface area contributed by atoms with Crippen LogP contribution in [-0.2, 0) is 22.6 Å². The number of likely N-dealkylation sites (tertiary alicyclic amines) is 1. The number of carbonyl (C=O) groups excluding carboxylic acids is 3. The Morgan fingerprint density at radius 2 is 1.93 bits per heavy atom. The first-order chi connectivity index (χ1) is 14.5. The van der Waals surface area contributed by atoms with Gasteiger partial charge in [-0.05, 0) is 12.0 Å². The van der Waals surface area contributed by atoms with Crippen molar-refractivity contribution in [3.05, 3.63) is 53.9 Å². The minimum atomic E-state index is -0.702. The lowest BCUT2D eigenvalue weighted by Crippen LogP contribution is -2.66. The molecule has 9 nitrogen and oxygen atoms in total. The Morgan fingerprint density at radius 3 is 2.57 bits per heavy atom. The molecule has 0 atom stereocenters. The van der Waals surface area contributed by atoms with Gasteiger partial charge in [-0.15, -0.1) is 0 Å². The summed E-state index contributed by atoms with van der Waals surface area (Å²) in [5, 5.41) is 6.74. The Morgan fingerprint density at radius 1 is 1.17 bits per heavy atom. The number of urea groups is 1. The summed E-state index contributed by atoms with van der Waals surface area (Å²) >= 11 is 0. The Hall–Kier alpha value is -3.36. The fourth-order valence-electron chi connectivity index (χ4n) is 3.98. The fourth-order valence-corrected chi connectivity index (χ4v) is 3.98. The summed E-state index contributed by atoms with van der Waals surface area (Å²) in [4.78, 5) is 42.6. The maximum atomic E-state index is 13.1. The minimum absolute atomic E-state index is 0.0468. The summed E-state index contributed by atoms with van der Waals surface area (Å²) in [5.41, 5.74) is 0.978. The zero-order chi connectivity index (χ0) is 21.1. The molecule has 30 heavy (non-hydrogen) atoms. The molecule has 2 aliphatic rings. The summed E-state index contributed by atoms with van der Waals surface area (Å²) in [7, 11) is 1.72. The van der Waals surface area contributed by atoms with Crippen LogP contribution in [0.1, 0.15) is 11.3 Å². The summed E-state index contributed by atoms with van der Waals surface area (Å²) < 4.78 is 4.81. The highest BCUT2D eigenvalue weighted by Crippen LogP contribution is 2.35. The lowest BCUT2D eigenvalue weighted by atomic mass is 9.73. The topological polar surface area (TPSA) is 99.0 Å². The summed E-state index contributed by atoms with van der Waals surface area (Å²) in [5.74, 6) is -0.248. The molecule has 0 bridgehead atoms. The number of hydrogen-bond acceptors (Lipinski definition) is 5. The second-order valence-corrected chi connectivity index (χ2v) is 7.99. The normalized spacial score (nSPS) is 17.8. The number of nitrogens with one attached hydrogen (secondary N) is 1. The van der Waals surface area contributed by atoms with Gasteiger partial charge in [-0.3, -0.25) is 9.59 Å². The van der Waals surface area contributed by atoms with Gasteiger partial charge in [-0.1, -0.05) is 35.5 Å². The van der Waals surface area contributed by atoms with E-state index in [0.29, 0.717) is 38.3 Å². The summed E-state index contributed by atoms with van der Waals surface area (Å²) in [6, 6.07) is 11.3. The molecule has 158 valence electrons. The quantitative estimate of drug-likeness (QED) is 0.724. The number of likely N-dealkylation sites (N-methyl/N-ethyl adjacent to an activating group) is 1. The van der Waals surface area contributed by atoms with Crippen molar-refractivity contribution in [3.63, 3.8) is 0 Å². The van der Waals surface area contributed by atoms with Crippen LogP contribution in [0.4, 0.5) is 4.79 Å². The monoisotopic (exact) mass is 411 g/mol. The van der Waals surface area contributed by atoms with E-state index in [0.717, 1.165) is 5.56 Å². The summed E-state index contributed by atoms with van der Waals surface area (Å²) in [6.45, 7) is 2.13. The van der Waals surface area contributed by atoms with Crippen molar-refractivity contribution in [2.75, 3.05) is 39.8 Å². The fraction of sp³-hybridized carbons (Fsp3) is 0.429. The van der Waals surface area contributed by atoms with E-state index in [1.54, 1.807) is 27.8 Å². The Balaban J connectivity index is 1.41. The Bertz CT molecular complexity index is 909. The maximum Gasteiger partial charge on any atom is 0.320 e. The highest BCUT2D eigenvalue weighted by atomic mass is 16.5. The van der Waals surface area contributed by atoms with Gasteiger partial charge >= 0.3 is 6.03 Å². The predicted octanol–water partition coefficient (Wildman–Crippen LogP) is 0.730. The minimum Gasteiger partial charge on any atom is -0.364 e. The number of rotatable bonds is 7. The molecule has 0 aliphatic carbocycles. The molecule has 2 fully saturated rings. The number of benzene rings is 1. The number of carbonyl (C=O) groups is 3. The van der Waals surface area contributed by atoms with E-state index in [9.17, 15) is 14.4 Å². The molecule has 3 heterocycles. The molecule has 1 aromatic carbocycles.